The monoisotopic (exact) mass is 232 g/mol. The lowest BCUT2D eigenvalue weighted by atomic mass is 9.85. The molecule has 2 N–H and O–H groups in total. The van der Waals surface area contributed by atoms with Crippen LogP contribution in [-0.2, 0) is 4.79 Å². The molecule has 0 spiro atoms. The number of benzene rings is 1. The molecule has 1 heterocycles. The van der Waals surface area contributed by atoms with E-state index in [0.717, 1.165) is 31.6 Å². The van der Waals surface area contributed by atoms with Gasteiger partial charge in [-0.25, -0.2) is 0 Å². The minimum atomic E-state index is -0.195. The molecule has 1 saturated heterocycles. The molecule has 2 unspecified atom stereocenters. The predicted molar refractivity (Wildman–Crippen MR) is 68.6 cm³/mol. The smallest absolute Gasteiger partial charge is 0.225 e. The Morgan fingerprint density at radius 2 is 2.18 bits per heavy atom. The van der Waals surface area contributed by atoms with Crippen LogP contribution in [0.1, 0.15) is 24.8 Å². The van der Waals surface area contributed by atoms with E-state index in [-0.39, 0.29) is 11.8 Å². The molecule has 17 heavy (non-hydrogen) atoms. The zero-order chi connectivity index (χ0) is 12.3. The minimum Gasteiger partial charge on any atom is -0.369 e. The maximum absolute atomic E-state index is 11.7. The van der Waals surface area contributed by atoms with E-state index >= 15 is 0 Å². The summed E-state index contributed by atoms with van der Waals surface area (Å²) >= 11 is 0. The molecule has 2 atom stereocenters. The Balaban J connectivity index is 2.17. The summed E-state index contributed by atoms with van der Waals surface area (Å²) in [6.45, 7) is 5.28. The summed E-state index contributed by atoms with van der Waals surface area (Å²) in [6.07, 6.45) is 1.07. The summed E-state index contributed by atoms with van der Waals surface area (Å²) in [5, 5.41) is 0. The van der Waals surface area contributed by atoms with E-state index < -0.39 is 0 Å². The van der Waals surface area contributed by atoms with Crippen LogP contribution in [0.3, 0.4) is 0 Å². The van der Waals surface area contributed by atoms with Crippen molar-refractivity contribution in [3.8, 4) is 0 Å². The molecule has 0 bridgehead atoms. The maximum atomic E-state index is 11.7. The normalized spacial score (nSPS) is 22.5. The summed E-state index contributed by atoms with van der Waals surface area (Å²) in [4.78, 5) is 14.1. The third-order valence-corrected chi connectivity index (χ3v) is 3.69. The van der Waals surface area contributed by atoms with Crippen molar-refractivity contribution in [3.05, 3.63) is 35.9 Å². The van der Waals surface area contributed by atoms with E-state index in [2.05, 4.69) is 11.8 Å². The lowest BCUT2D eigenvalue weighted by Gasteiger charge is -2.21. The van der Waals surface area contributed by atoms with Crippen LogP contribution < -0.4 is 5.73 Å². The van der Waals surface area contributed by atoms with Crippen molar-refractivity contribution in [3.63, 3.8) is 0 Å². The molecule has 1 aromatic rings. The molecule has 2 rings (SSSR count). The molecule has 0 aliphatic carbocycles. The second kappa shape index (κ2) is 5.32. The van der Waals surface area contributed by atoms with Gasteiger partial charge in [0.25, 0.3) is 0 Å². The summed E-state index contributed by atoms with van der Waals surface area (Å²) in [7, 11) is 0. The first kappa shape index (κ1) is 12.1. The summed E-state index contributed by atoms with van der Waals surface area (Å²) in [6, 6.07) is 9.91. The molecule has 0 radical (unpaired) electrons. The van der Waals surface area contributed by atoms with Crippen LogP contribution in [0, 0.1) is 5.92 Å². The van der Waals surface area contributed by atoms with Gasteiger partial charge in [0.05, 0.1) is 5.92 Å². The second-order valence-electron chi connectivity index (χ2n) is 4.73. The average Bonchev–Trinajstić information content (AvgIpc) is 2.79. The lowest BCUT2D eigenvalue weighted by Crippen LogP contribution is -2.30. The van der Waals surface area contributed by atoms with Crippen molar-refractivity contribution in [2.75, 3.05) is 19.6 Å². The highest BCUT2D eigenvalue weighted by Crippen LogP contribution is 2.31. The number of carbonyl (C=O) groups is 1. The fourth-order valence-electron chi connectivity index (χ4n) is 2.75. The molecule has 3 nitrogen and oxygen atoms in total. The van der Waals surface area contributed by atoms with E-state index in [4.69, 9.17) is 5.73 Å². The summed E-state index contributed by atoms with van der Waals surface area (Å²) in [5.41, 5.74) is 6.64. The van der Waals surface area contributed by atoms with E-state index in [0.29, 0.717) is 5.92 Å². The Morgan fingerprint density at radius 3 is 2.71 bits per heavy atom. The van der Waals surface area contributed by atoms with Gasteiger partial charge in [-0.2, -0.15) is 0 Å². The van der Waals surface area contributed by atoms with Crippen LogP contribution in [0.4, 0.5) is 0 Å². The molecule has 1 aliphatic rings. The first-order valence-corrected chi connectivity index (χ1v) is 6.29. The van der Waals surface area contributed by atoms with Crippen molar-refractivity contribution >= 4 is 5.91 Å². The first-order chi connectivity index (χ1) is 8.22. The fourth-order valence-corrected chi connectivity index (χ4v) is 2.75. The van der Waals surface area contributed by atoms with E-state index in [1.807, 2.05) is 30.3 Å². The van der Waals surface area contributed by atoms with Gasteiger partial charge in [0.1, 0.15) is 0 Å². The van der Waals surface area contributed by atoms with Gasteiger partial charge in [0, 0.05) is 6.54 Å². The maximum Gasteiger partial charge on any atom is 0.225 e. The molecule has 1 aliphatic heterocycles. The van der Waals surface area contributed by atoms with Crippen molar-refractivity contribution < 1.29 is 4.79 Å². The van der Waals surface area contributed by atoms with Gasteiger partial charge in [-0.15, -0.1) is 0 Å². The van der Waals surface area contributed by atoms with Crippen LogP contribution in [0.5, 0.6) is 0 Å². The predicted octanol–water partition coefficient (Wildman–Crippen LogP) is 1.60. The van der Waals surface area contributed by atoms with Gasteiger partial charge >= 0.3 is 0 Å². The van der Waals surface area contributed by atoms with Crippen LogP contribution in [0.15, 0.2) is 30.3 Å². The molecule has 1 fully saturated rings. The van der Waals surface area contributed by atoms with Crippen molar-refractivity contribution in [1.29, 1.82) is 0 Å². The zero-order valence-electron chi connectivity index (χ0n) is 10.3. The van der Waals surface area contributed by atoms with Gasteiger partial charge in [0.2, 0.25) is 5.91 Å². The van der Waals surface area contributed by atoms with Crippen LogP contribution in [0.2, 0.25) is 0 Å². The van der Waals surface area contributed by atoms with Gasteiger partial charge in [-0.05, 0) is 31.0 Å². The van der Waals surface area contributed by atoms with Crippen LogP contribution >= 0.6 is 0 Å². The highest BCUT2D eigenvalue weighted by atomic mass is 16.1. The number of hydrogen-bond donors (Lipinski definition) is 1. The molecule has 1 amide bonds. The Morgan fingerprint density at radius 1 is 1.47 bits per heavy atom. The van der Waals surface area contributed by atoms with Crippen molar-refractivity contribution in [2.24, 2.45) is 11.7 Å². The topological polar surface area (TPSA) is 46.3 Å². The molecule has 0 aromatic heterocycles. The van der Waals surface area contributed by atoms with Gasteiger partial charge < -0.3 is 10.6 Å². The number of hydrogen-bond acceptors (Lipinski definition) is 2. The third kappa shape index (κ3) is 2.67. The first-order valence-electron chi connectivity index (χ1n) is 6.29. The summed E-state index contributed by atoms with van der Waals surface area (Å²) < 4.78 is 0. The minimum absolute atomic E-state index is 0.132. The average molecular weight is 232 g/mol. The second-order valence-corrected chi connectivity index (χ2v) is 4.73. The zero-order valence-corrected chi connectivity index (χ0v) is 10.3. The highest BCUT2D eigenvalue weighted by Gasteiger charge is 2.33. The molecular formula is C14H20N2O. The summed E-state index contributed by atoms with van der Waals surface area (Å²) in [5.74, 6) is 0.0433. The fraction of sp³-hybridized carbons (Fsp3) is 0.500. The number of primary amides is 1. The standard InChI is InChI=1S/C14H20N2O/c1-2-16-9-8-12(10-16)13(14(15)17)11-6-4-3-5-7-11/h3-7,12-13H,2,8-10H2,1H3,(H2,15,17). The number of carbonyl (C=O) groups excluding carboxylic acids is 1. The Hall–Kier alpha value is -1.35. The third-order valence-electron chi connectivity index (χ3n) is 3.69. The van der Waals surface area contributed by atoms with E-state index in [1.165, 1.54) is 0 Å². The van der Waals surface area contributed by atoms with Crippen molar-refractivity contribution in [1.82, 2.24) is 4.90 Å². The van der Waals surface area contributed by atoms with Crippen molar-refractivity contribution in [2.45, 2.75) is 19.3 Å². The largest absolute Gasteiger partial charge is 0.369 e. The Kier molecular flexibility index (Phi) is 3.79. The number of nitrogens with zero attached hydrogens (tertiary/aromatic N) is 1. The Bertz CT molecular complexity index is 377. The number of nitrogens with two attached hydrogens (primary N) is 1. The Labute approximate surface area is 103 Å². The molecule has 1 aromatic carbocycles. The SMILES string of the molecule is CCN1CCC(C(C(N)=O)c2ccccc2)C1. The molecular weight excluding hydrogens is 212 g/mol. The van der Waals surface area contributed by atoms with Crippen LogP contribution in [-0.4, -0.2) is 30.4 Å². The highest BCUT2D eigenvalue weighted by molar-refractivity contribution is 5.82. The van der Waals surface area contributed by atoms with E-state index in [1.54, 1.807) is 0 Å². The number of rotatable bonds is 4. The number of amides is 1. The lowest BCUT2D eigenvalue weighted by molar-refractivity contribution is -0.120. The quantitative estimate of drug-likeness (QED) is 0.857. The van der Waals surface area contributed by atoms with Gasteiger partial charge in [-0.3, -0.25) is 4.79 Å². The van der Waals surface area contributed by atoms with E-state index in [9.17, 15) is 4.79 Å². The van der Waals surface area contributed by atoms with Gasteiger partial charge in [0.15, 0.2) is 0 Å². The molecule has 92 valence electrons. The number of likely N-dealkylation sites (tertiary alicyclic amines) is 1. The molecule has 0 saturated carbocycles. The van der Waals surface area contributed by atoms with Gasteiger partial charge in [-0.1, -0.05) is 37.3 Å². The molecule has 3 heteroatoms. The van der Waals surface area contributed by atoms with Crippen LogP contribution in [0.25, 0.3) is 0 Å².